The van der Waals surface area contributed by atoms with Crippen LogP contribution in [0.2, 0.25) is 0 Å². The van der Waals surface area contributed by atoms with Crippen molar-refractivity contribution in [2.24, 2.45) is 0 Å². The van der Waals surface area contributed by atoms with Gasteiger partial charge in [0.1, 0.15) is 12.0 Å². The Labute approximate surface area is 84.1 Å². The molecule has 0 heterocycles. The number of hydrogen-bond acceptors (Lipinski definition) is 3. The van der Waals surface area contributed by atoms with Crippen LogP contribution in [0.4, 0.5) is 0 Å². The van der Waals surface area contributed by atoms with Crippen LogP contribution in [0.15, 0.2) is 18.2 Å². The minimum Gasteiger partial charge on any atom is -0.508 e. The van der Waals surface area contributed by atoms with Crippen LogP contribution in [-0.4, -0.2) is 16.5 Å². The number of hydrogen-bond donors (Lipinski definition) is 2. The van der Waals surface area contributed by atoms with Gasteiger partial charge in [0.15, 0.2) is 0 Å². The maximum Gasteiger partial charge on any atom is 0.138 e. The van der Waals surface area contributed by atoms with Gasteiger partial charge in [-0.2, -0.15) is 0 Å². The van der Waals surface area contributed by atoms with E-state index in [9.17, 15) is 9.90 Å². The Morgan fingerprint density at radius 1 is 1.54 bits per heavy atom. The molecule has 0 amide bonds. The number of aldehydes is 1. The van der Waals surface area contributed by atoms with E-state index in [-0.39, 0.29) is 12.4 Å². The lowest BCUT2D eigenvalue weighted by molar-refractivity contribution is -0.107. The van der Waals surface area contributed by atoms with Crippen molar-refractivity contribution in [1.82, 2.24) is 0 Å². The molecule has 0 saturated carbocycles. The van der Waals surface area contributed by atoms with Crippen LogP contribution in [0.1, 0.15) is 16.0 Å². The molecule has 1 aromatic rings. The molecule has 13 heavy (non-hydrogen) atoms. The Morgan fingerprint density at radius 3 is 2.77 bits per heavy atom. The Morgan fingerprint density at radius 2 is 2.23 bits per heavy atom. The van der Waals surface area contributed by atoms with Crippen molar-refractivity contribution in [2.45, 2.75) is 11.4 Å². The van der Waals surface area contributed by atoms with Gasteiger partial charge in [-0.05, 0) is 17.7 Å². The second-order valence-corrected chi connectivity index (χ2v) is 3.57. The van der Waals surface area contributed by atoms with E-state index < -0.39 is 4.83 Å². The molecule has 3 nitrogen and oxygen atoms in total. The number of carbonyl (C=O) groups is 1. The summed E-state index contributed by atoms with van der Waals surface area (Å²) in [5, 5.41) is 18.1. The van der Waals surface area contributed by atoms with Crippen LogP contribution in [-0.2, 0) is 11.4 Å². The van der Waals surface area contributed by atoms with Crippen molar-refractivity contribution in [2.75, 3.05) is 0 Å². The first-order chi connectivity index (χ1) is 6.19. The summed E-state index contributed by atoms with van der Waals surface area (Å²) >= 11 is 3.14. The fraction of sp³-hybridized carbons (Fsp3) is 0.222. The smallest absolute Gasteiger partial charge is 0.138 e. The summed E-state index contributed by atoms with van der Waals surface area (Å²) < 4.78 is 0. The number of aliphatic hydroxyl groups excluding tert-OH is 1. The van der Waals surface area contributed by atoms with E-state index in [1.807, 2.05) is 0 Å². The van der Waals surface area contributed by atoms with E-state index in [2.05, 4.69) is 15.9 Å². The third-order valence-corrected chi connectivity index (χ3v) is 2.46. The lowest BCUT2D eigenvalue weighted by atomic mass is 10.1. The van der Waals surface area contributed by atoms with Gasteiger partial charge < -0.3 is 15.0 Å². The first-order valence-electron chi connectivity index (χ1n) is 3.71. The molecule has 0 radical (unpaired) electrons. The minimum atomic E-state index is -0.390. The zero-order valence-corrected chi connectivity index (χ0v) is 8.36. The van der Waals surface area contributed by atoms with Gasteiger partial charge in [-0.3, -0.25) is 0 Å². The number of aromatic hydroxyl groups is 1. The molecule has 0 aromatic heterocycles. The molecule has 70 valence electrons. The largest absolute Gasteiger partial charge is 0.508 e. The maximum absolute atomic E-state index is 10.4. The number of halogens is 1. The second kappa shape index (κ2) is 4.39. The molecular weight excluding hydrogens is 236 g/mol. The van der Waals surface area contributed by atoms with E-state index in [1.165, 1.54) is 6.07 Å². The minimum absolute atomic E-state index is 0.0387. The van der Waals surface area contributed by atoms with Gasteiger partial charge in [0.05, 0.1) is 11.4 Å². The summed E-state index contributed by atoms with van der Waals surface area (Å²) in [7, 11) is 0. The van der Waals surface area contributed by atoms with Gasteiger partial charge in [0.25, 0.3) is 0 Å². The van der Waals surface area contributed by atoms with E-state index in [0.29, 0.717) is 5.56 Å². The monoisotopic (exact) mass is 244 g/mol. The van der Waals surface area contributed by atoms with Crippen LogP contribution >= 0.6 is 15.9 Å². The number of alkyl halides is 1. The van der Waals surface area contributed by atoms with Crippen LogP contribution < -0.4 is 0 Å². The second-order valence-electron chi connectivity index (χ2n) is 2.58. The van der Waals surface area contributed by atoms with Gasteiger partial charge in [-0.25, -0.2) is 0 Å². The lowest BCUT2D eigenvalue weighted by Crippen LogP contribution is -1.93. The Kier molecular flexibility index (Phi) is 3.45. The summed E-state index contributed by atoms with van der Waals surface area (Å²) in [5.41, 5.74) is 1.14. The molecule has 0 aliphatic heterocycles. The highest BCUT2D eigenvalue weighted by atomic mass is 79.9. The van der Waals surface area contributed by atoms with Gasteiger partial charge in [0, 0.05) is 5.56 Å². The summed E-state index contributed by atoms with van der Waals surface area (Å²) in [6.45, 7) is -0.238. The molecule has 0 saturated heterocycles. The Hall–Kier alpha value is -0.870. The molecule has 1 rings (SSSR count). The van der Waals surface area contributed by atoms with E-state index in [1.54, 1.807) is 12.1 Å². The molecule has 1 atom stereocenters. The van der Waals surface area contributed by atoms with Crippen molar-refractivity contribution < 1.29 is 15.0 Å². The molecule has 2 N–H and O–H groups in total. The molecule has 1 unspecified atom stereocenters. The zero-order valence-electron chi connectivity index (χ0n) is 6.77. The molecule has 0 fully saturated rings. The van der Waals surface area contributed by atoms with Gasteiger partial charge >= 0.3 is 0 Å². The van der Waals surface area contributed by atoms with Crippen LogP contribution in [0.25, 0.3) is 0 Å². The molecule has 0 aliphatic rings. The number of benzene rings is 1. The highest BCUT2D eigenvalue weighted by Crippen LogP contribution is 2.25. The lowest BCUT2D eigenvalue weighted by Gasteiger charge is -2.06. The van der Waals surface area contributed by atoms with E-state index in [4.69, 9.17) is 5.11 Å². The average molecular weight is 245 g/mol. The molecule has 1 aromatic carbocycles. The number of carbonyl (C=O) groups excluding carboxylic acids is 1. The molecule has 0 aliphatic carbocycles. The zero-order chi connectivity index (χ0) is 9.84. The highest BCUT2D eigenvalue weighted by molar-refractivity contribution is 9.09. The fourth-order valence-electron chi connectivity index (χ4n) is 0.982. The molecule has 0 spiro atoms. The number of phenols is 1. The van der Waals surface area contributed by atoms with Crippen LogP contribution in [0, 0.1) is 0 Å². The third kappa shape index (κ3) is 2.29. The quantitative estimate of drug-likeness (QED) is 0.627. The van der Waals surface area contributed by atoms with Crippen molar-refractivity contribution in [3.8, 4) is 5.75 Å². The Balaban J connectivity index is 3.05. The van der Waals surface area contributed by atoms with Crippen molar-refractivity contribution >= 4 is 22.2 Å². The van der Waals surface area contributed by atoms with Crippen LogP contribution in [0.5, 0.6) is 5.75 Å². The number of rotatable bonds is 3. The van der Waals surface area contributed by atoms with Gasteiger partial charge in [-0.15, -0.1) is 0 Å². The third-order valence-electron chi connectivity index (χ3n) is 1.71. The van der Waals surface area contributed by atoms with Crippen LogP contribution in [0.3, 0.4) is 0 Å². The van der Waals surface area contributed by atoms with E-state index >= 15 is 0 Å². The predicted octanol–water partition coefficient (Wildman–Crippen LogP) is 1.52. The van der Waals surface area contributed by atoms with E-state index in [0.717, 1.165) is 11.8 Å². The van der Waals surface area contributed by atoms with Crippen molar-refractivity contribution in [3.63, 3.8) is 0 Å². The highest BCUT2D eigenvalue weighted by Gasteiger charge is 2.08. The summed E-state index contributed by atoms with van der Waals surface area (Å²) in [6, 6.07) is 4.67. The SMILES string of the molecule is O=CC(Br)c1ccc(O)c(CO)c1. The fourth-order valence-corrected chi connectivity index (χ4v) is 1.27. The normalized spacial score (nSPS) is 12.5. The van der Waals surface area contributed by atoms with Gasteiger partial charge in [-0.1, -0.05) is 22.0 Å². The summed E-state index contributed by atoms with van der Waals surface area (Å²) in [6.07, 6.45) is 0.744. The molecule has 4 heteroatoms. The Bertz CT molecular complexity index is 312. The van der Waals surface area contributed by atoms with Crippen molar-refractivity contribution in [1.29, 1.82) is 0 Å². The standard InChI is InChI=1S/C9H9BrO3/c10-8(5-12)6-1-2-9(13)7(3-6)4-11/h1-3,5,8,11,13H,4H2. The topological polar surface area (TPSA) is 57.5 Å². The number of aliphatic hydroxyl groups is 1. The summed E-state index contributed by atoms with van der Waals surface area (Å²) in [4.78, 5) is 10.0. The molecular formula is C9H9BrO3. The van der Waals surface area contributed by atoms with Gasteiger partial charge in [0.2, 0.25) is 0 Å². The summed E-state index contributed by atoms with van der Waals surface area (Å²) in [5.74, 6) is 0.0387. The first-order valence-corrected chi connectivity index (χ1v) is 4.62. The maximum atomic E-state index is 10.4. The predicted molar refractivity (Wildman–Crippen MR) is 51.8 cm³/mol. The van der Waals surface area contributed by atoms with Crippen molar-refractivity contribution in [3.05, 3.63) is 29.3 Å². The molecule has 0 bridgehead atoms. The first kappa shape index (κ1) is 10.2. The average Bonchev–Trinajstić information content (AvgIpc) is 2.17.